The molecule has 4 heteroatoms. The van der Waals surface area contributed by atoms with E-state index in [1.165, 1.54) is 0 Å². The van der Waals surface area contributed by atoms with Gasteiger partial charge in [0.2, 0.25) is 0 Å². The van der Waals surface area contributed by atoms with Gasteiger partial charge in [-0.25, -0.2) is 0 Å². The van der Waals surface area contributed by atoms with Crippen LogP contribution in [0.15, 0.2) is 42.5 Å². The maximum atomic E-state index is 12.0. The third-order valence-corrected chi connectivity index (χ3v) is 2.81. The number of anilines is 1. The van der Waals surface area contributed by atoms with Crippen LogP contribution in [-0.4, -0.2) is 18.1 Å². The molecule has 0 atom stereocenters. The predicted octanol–water partition coefficient (Wildman–Crippen LogP) is 2.96. The molecule has 0 aliphatic heterocycles. The molecule has 2 N–H and O–H groups in total. The maximum absolute atomic E-state index is 12.0. The first-order valence-electron chi connectivity index (χ1n) is 5.85. The minimum absolute atomic E-state index is 0.201. The van der Waals surface area contributed by atoms with E-state index in [1.54, 1.807) is 56.5 Å². The highest BCUT2D eigenvalue weighted by molar-refractivity contribution is 6.04. The first kappa shape index (κ1) is 13.0. The van der Waals surface area contributed by atoms with Crippen molar-refractivity contribution in [2.45, 2.75) is 6.92 Å². The van der Waals surface area contributed by atoms with E-state index in [2.05, 4.69) is 5.32 Å². The molecule has 98 valence electrons. The Morgan fingerprint density at radius 2 is 1.84 bits per heavy atom. The average molecular weight is 257 g/mol. The Labute approximate surface area is 111 Å². The van der Waals surface area contributed by atoms with Gasteiger partial charge < -0.3 is 15.2 Å². The summed E-state index contributed by atoms with van der Waals surface area (Å²) < 4.78 is 5.04. The van der Waals surface area contributed by atoms with Crippen molar-refractivity contribution in [1.82, 2.24) is 0 Å². The number of amides is 1. The summed E-state index contributed by atoms with van der Waals surface area (Å²) in [5, 5.41) is 12.2. The van der Waals surface area contributed by atoms with Gasteiger partial charge in [0.25, 0.3) is 5.91 Å². The standard InChI is InChI=1S/C15H15NO3/c1-10-9-12(5-8-14(10)17)16-15(18)11-3-6-13(19-2)7-4-11/h3-9,17H,1-2H3,(H,16,18). The molecule has 0 saturated heterocycles. The van der Waals surface area contributed by atoms with Gasteiger partial charge in [0.15, 0.2) is 0 Å². The van der Waals surface area contributed by atoms with E-state index in [4.69, 9.17) is 4.74 Å². The Morgan fingerprint density at radius 3 is 2.42 bits per heavy atom. The van der Waals surface area contributed by atoms with Crippen molar-refractivity contribution < 1.29 is 14.6 Å². The quantitative estimate of drug-likeness (QED) is 0.831. The summed E-state index contributed by atoms with van der Waals surface area (Å²) in [4.78, 5) is 12.0. The van der Waals surface area contributed by atoms with Gasteiger partial charge in [-0.05, 0) is 55.0 Å². The molecule has 0 aliphatic rings. The van der Waals surface area contributed by atoms with Gasteiger partial charge in [0.1, 0.15) is 11.5 Å². The van der Waals surface area contributed by atoms with Gasteiger partial charge in [0, 0.05) is 11.3 Å². The highest BCUT2D eigenvalue weighted by Crippen LogP contribution is 2.21. The Bertz CT molecular complexity index is 591. The highest BCUT2D eigenvalue weighted by Gasteiger charge is 2.07. The zero-order valence-electron chi connectivity index (χ0n) is 10.8. The molecule has 19 heavy (non-hydrogen) atoms. The Kier molecular flexibility index (Phi) is 3.71. The average Bonchev–Trinajstić information content (AvgIpc) is 2.43. The number of nitrogens with one attached hydrogen (secondary N) is 1. The lowest BCUT2D eigenvalue weighted by molar-refractivity contribution is 0.102. The summed E-state index contributed by atoms with van der Waals surface area (Å²) >= 11 is 0. The van der Waals surface area contributed by atoms with Crippen molar-refractivity contribution in [2.75, 3.05) is 12.4 Å². The van der Waals surface area contributed by atoms with Gasteiger partial charge >= 0.3 is 0 Å². The van der Waals surface area contributed by atoms with E-state index in [0.717, 1.165) is 0 Å². The fourth-order valence-corrected chi connectivity index (χ4v) is 1.68. The lowest BCUT2D eigenvalue weighted by Crippen LogP contribution is -2.11. The molecule has 0 saturated carbocycles. The van der Waals surface area contributed by atoms with Crippen LogP contribution < -0.4 is 10.1 Å². The molecule has 2 aromatic rings. The molecule has 0 aromatic heterocycles. The number of hydrogen-bond donors (Lipinski definition) is 2. The Balaban J connectivity index is 2.13. The number of phenolic OH excluding ortho intramolecular Hbond substituents is 1. The lowest BCUT2D eigenvalue weighted by atomic mass is 10.1. The number of rotatable bonds is 3. The van der Waals surface area contributed by atoms with Crippen LogP contribution >= 0.6 is 0 Å². The molecule has 0 spiro atoms. The Hall–Kier alpha value is -2.49. The molecule has 0 fully saturated rings. The number of aryl methyl sites for hydroxylation is 1. The monoisotopic (exact) mass is 257 g/mol. The molecular weight excluding hydrogens is 242 g/mol. The SMILES string of the molecule is COc1ccc(C(=O)Nc2ccc(O)c(C)c2)cc1. The topological polar surface area (TPSA) is 58.6 Å². The van der Waals surface area contributed by atoms with E-state index >= 15 is 0 Å². The summed E-state index contributed by atoms with van der Waals surface area (Å²) in [5.74, 6) is 0.715. The van der Waals surface area contributed by atoms with E-state index in [9.17, 15) is 9.90 Å². The van der Waals surface area contributed by atoms with E-state index in [0.29, 0.717) is 22.6 Å². The molecule has 0 heterocycles. The number of methoxy groups -OCH3 is 1. The minimum atomic E-state index is -0.201. The molecule has 4 nitrogen and oxygen atoms in total. The maximum Gasteiger partial charge on any atom is 0.255 e. The van der Waals surface area contributed by atoms with Crippen LogP contribution in [0.5, 0.6) is 11.5 Å². The molecule has 2 rings (SSSR count). The van der Waals surface area contributed by atoms with E-state index in [-0.39, 0.29) is 11.7 Å². The Morgan fingerprint density at radius 1 is 1.16 bits per heavy atom. The second-order valence-corrected chi connectivity index (χ2v) is 4.18. The zero-order valence-corrected chi connectivity index (χ0v) is 10.8. The summed E-state index contributed by atoms with van der Waals surface area (Å²) in [5.41, 5.74) is 1.91. The smallest absolute Gasteiger partial charge is 0.255 e. The molecule has 0 bridgehead atoms. The number of phenols is 1. The first-order chi connectivity index (χ1) is 9.10. The van der Waals surface area contributed by atoms with Crippen LogP contribution in [0.1, 0.15) is 15.9 Å². The number of hydrogen-bond acceptors (Lipinski definition) is 3. The van der Waals surface area contributed by atoms with Crippen LogP contribution in [0.2, 0.25) is 0 Å². The normalized spacial score (nSPS) is 10.0. The van der Waals surface area contributed by atoms with Gasteiger partial charge in [-0.1, -0.05) is 0 Å². The number of benzene rings is 2. The first-order valence-corrected chi connectivity index (χ1v) is 5.85. The number of aromatic hydroxyl groups is 1. The predicted molar refractivity (Wildman–Crippen MR) is 73.8 cm³/mol. The summed E-state index contributed by atoms with van der Waals surface area (Å²) in [6.45, 7) is 1.78. The van der Waals surface area contributed by atoms with Crippen LogP contribution in [0, 0.1) is 6.92 Å². The molecule has 2 aromatic carbocycles. The molecule has 0 radical (unpaired) electrons. The van der Waals surface area contributed by atoms with Gasteiger partial charge in [-0.15, -0.1) is 0 Å². The van der Waals surface area contributed by atoms with E-state index in [1.807, 2.05) is 0 Å². The second-order valence-electron chi connectivity index (χ2n) is 4.18. The van der Waals surface area contributed by atoms with Crippen LogP contribution in [0.3, 0.4) is 0 Å². The van der Waals surface area contributed by atoms with Gasteiger partial charge in [0.05, 0.1) is 7.11 Å². The third kappa shape index (κ3) is 3.04. The summed E-state index contributed by atoms with van der Waals surface area (Å²) in [7, 11) is 1.58. The summed E-state index contributed by atoms with van der Waals surface area (Å²) in [6, 6.07) is 11.8. The largest absolute Gasteiger partial charge is 0.508 e. The van der Waals surface area contributed by atoms with Crippen molar-refractivity contribution in [3.05, 3.63) is 53.6 Å². The van der Waals surface area contributed by atoms with Crippen molar-refractivity contribution >= 4 is 11.6 Å². The van der Waals surface area contributed by atoms with Gasteiger partial charge in [-0.2, -0.15) is 0 Å². The van der Waals surface area contributed by atoms with E-state index < -0.39 is 0 Å². The lowest BCUT2D eigenvalue weighted by Gasteiger charge is -2.07. The molecular formula is C15H15NO3. The molecule has 0 aliphatic carbocycles. The molecule has 1 amide bonds. The van der Waals surface area contributed by atoms with Crippen molar-refractivity contribution in [1.29, 1.82) is 0 Å². The minimum Gasteiger partial charge on any atom is -0.508 e. The van der Waals surface area contributed by atoms with Gasteiger partial charge in [-0.3, -0.25) is 4.79 Å². The number of ether oxygens (including phenoxy) is 1. The highest BCUT2D eigenvalue weighted by atomic mass is 16.5. The third-order valence-electron chi connectivity index (χ3n) is 2.81. The van der Waals surface area contributed by atoms with Crippen molar-refractivity contribution in [2.24, 2.45) is 0 Å². The van der Waals surface area contributed by atoms with Crippen molar-refractivity contribution in [3.8, 4) is 11.5 Å². The van der Waals surface area contributed by atoms with Crippen molar-refractivity contribution in [3.63, 3.8) is 0 Å². The summed E-state index contributed by atoms with van der Waals surface area (Å²) in [6.07, 6.45) is 0. The fraction of sp³-hybridized carbons (Fsp3) is 0.133. The van der Waals surface area contributed by atoms with Crippen LogP contribution in [0.4, 0.5) is 5.69 Å². The van der Waals surface area contributed by atoms with Crippen LogP contribution in [-0.2, 0) is 0 Å². The zero-order chi connectivity index (χ0) is 13.8. The fourth-order valence-electron chi connectivity index (χ4n) is 1.68. The molecule has 0 unspecified atom stereocenters. The number of carbonyl (C=O) groups is 1. The van der Waals surface area contributed by atoms with Crippen LogP contribution in [0.25, 0.3) is 0 Å². The number of carbonyl (C=O) groups excluding carboxylic acids is 1. The second kappa shape index (κ2) is 5.44.